The minimum absolute atomic E-state index is 0.0635. The topological polar surface area (TPSA) is 105 Å². The second-order valence-electron chi connectivity index (χ2n) is 24.6. The third kappa shape index (κ3) is 60.6. The summed E-state index contributed by atoms with van der Waals surface area (Å²) >= 11 is 0. The molecule has 0 spiro atoms. The summed E-state index contributed by atoms with van der Waals surface area (Å²) in [6.45, 7) is 4.87. The molecule has 3 N–H and O–H groups in total. The van der Waals surface area contributed by atoms with E-state index in [9.17, 15) is 19.4 Å². The number of allylic oxidation sites excluding steroid dienone is 3. The van der Waals surface area contributed by atoms with Gasteiger partial charge in [0.15, 0.2) is 0 Å². The molecule has 0 aliphatic carbocycles. The van der Waals surface area contributed by atoms with Crippen molar-refractivity contribution in [1.82, 2.24) is 5.32 Å². The maximum Gasteiger partial charge on any atom is 0.472 e. The number of quaternary nitrogens is 1. The van der Waals surface area contributed by atoms with E-state index in [1.807, 2.05) is 27.2 Å². The maximum absolute atomic E-state index is 13.0. The number of rotatable bonds is 63. The SMILES string of the molecule is CCCCCCCCCC/C=C\CCCCCCCCCCCCCC(=O)NC(COP(=O)(O)OCC[N+](C)(C)C)C(O)/C=C/CCCCCCCCCCCCCCCCCCCCCCCCCCCCCCC. The fourth-order valence-electron chi connectivity index (χ4n) is 10.4. The van der Waals surface area contributed by atoms with Crippen molar-refractivity contribution in [2.45, 2.75) is 360 Å². The molecule has 0 aromatic rings. The molecule has 9 heteroatoms. The second kappa shape index (κ2) is 58.6. The van der Waals surface area contributed by atoms with Crippen LogP contribution in [0.5, 0.6) is 0 Å². The molecule has 0 aromatic carbocycles. The van der Waals surface area contributed by atoms with Crippen molar-refractivity contribution in [3.05, 3.63) is 24.3 Å². The van der Waals surface area contributed by atoms with Crippen LogP contribution in [0.2, 0.25) is 0 Å². The van der Waals surface area contributed by atoms with E-state index >= 15 is 0 Å². The summed E-state index contributed by atoms with van der Waals surface area (Å²) in [5, 5.41) is 14.0. The van der Waals surface area contributed by atoms with Gasteiger partial charge in [-0.2, -0.15) is 0 Å². The van der Waals surface area contributed by atoms with Crippen LogP contribution in [0, 0.1) is 0 Å². The Kier molecular flexibility index (Phi) is 57.8. The Bertz CT molecular complexity index is 1290. The molecule has 0 aliphatic heterocycles. The molecule has 3 unspecified atom stereocenters. The number of phosphoric acid groups is 1. The van der Waals surface area contributed by atoms with Gasteiger partial charge in [-0.05, 0) is 44.9 Å². The number of aliphatic hydroxyl groups excluding tert-OH is 1. The number of nitrogens with one attached hydrogen (secondary N) is 1. The first-order valence-electron chi connectivity index (χ1n) is 33.7. The zero-order valence-electron chi connectivity index (χ0n) is 51.8. The molecule has 0 heterocycles. The van der Waals surface area contributed by atoms with Gasteiger partial charge >= 0.3 is 7.82 Å². The van der Waals surface area contributed by atoms with Crippen molar-refractivity contribution in [2.75, 3.05) is 40.9 Å². The van der Waals surface area contributed by atoms with Crippen molar-refractivity contribution >= 4 is 13.7 Å². The van der Waals surface area contributed by atoms with Crippen molar-refractivity contribution in [2.24, 2.45) is 0 Å². The summed E-state index contributed by atoms with van der Waals surface area (Å²) in [4.78, 5) is 23.4. The molecule has 452 valence electrons. The van der Waals surface area contributed by atoms with Crippen LogP contribution >= 0.6 is 7.82 Å². The molecule has 8 nitrogen and oxygen atoms in total. The quantitative estimate of drug-likeness (QED) is 0.0243. The van der Waals surface area contributed by atoms with Crippen LogP contribution < -0.4 is 5.32 Å². The fourth-order valence-corrected chi connectivity index (χ4v) is 11.1. The third-order valence-electron chi connectivity index (χ3n) is 15.7. The number of phosphoric ester groups is 1. The number of carbonyl (C=O) groups excluding carboxylic acids is 1. The first-order valence-corrected chi connectivity index (χ1v) is 35.2. The van der Waals surface area contributed by atoms with Gasteiger partial charge in [-0.15, -0.1) is 0 Å². The first kappa shape index (κ1) is 75.0. The number of nitrogens with zero attached hydrogens (tertiary/aromatic N) is 1. The number of amides is 1. The number of carbonyl (C=O) groups is 1. The second-order valence-corrected chi connectivity index (χ2v) is 26.0. The molecule has 3 atom stereocenters. The lowest BCUT2D eigenvalue weighted by molar-refractivity contribution is -0.870. The summed E-state index contributed by atoms with van der Waals surface area (Å²) in [6, 6.07) is -0.847. The van der Waals surface area contributed by atoms with E-state index in [0.29, 0.717) is 17.4 Å². The largest absolute Gasteiger partial charge is 0.472 e. The number of hydrogen-bond acceptors (Lipinski definition) is 5. The molecule has 76 heavy (non-hydrogen) atoms. The fraction of sp³-hybridized carbons (Fsp3) is 0.925. The summed E-state index contributed by atoms with van der Waals surface area (Å²) in [5.74, 6) is -0.172. The van der Waals surface area contributed by atoms with Gasteiger partial charge in [0.05, 0.1) is 39.9 Å². The smallest absolute Gasteiger partial charge is 0.387 e. The van der Waals surface area contributed by atoms with Crippen LogP contribution in [0.25, 0.3) is 0 Å². The van der Waals surface area contributed by atoms with Gasteiger partial charge in [-0.3, -0.25) is 13.8 Å². The molecule has 0 saturated carbocycles. The van der Waals surface area contributed by atoms with E-state index in [2.05, 4.69) is 31.3 Å². The van der Waals surface area contributed by atoms with E-state index in [4.69, 9.17) is 9.05 Å². The highest BCUT2D eigenvalue weighted by atomic mass is 31.2. The molecule has 0 rings (SSSR count). The van der Waals surface area contributed by atoms with Crippen LogP contribution in [0.3, 0.4) is 0 Å². The van der Waals surface area contributed by atoms with Crippen molar-refractivity contribution in [3.63, 3.8) is 0 Å². The zero-order chi connectivity index (χ0) is 55.6. The molecular formula is C67H134N2O6P+. The molecule has 0 aliphatic rings. The molecule has 1 amide bonds. The highest BCUT2D eigenvalue weighted by molar-refractivity contribution is 7.47. The molecule has 0 bridgehead atoms. The Balaban J connectivity index is 4.06. The minimum Gasteiger partial charge on any atom is -0.387 e. The highest BCUT2D eigenvalue weighted by Crippen LogP contribution is 2.43. The molecule has 0 aromatic heterocycles. The maximum atomic E-state index is 13.0. The number of aliphatic hydroxyl groups is 1. The van der Waals surface area contributed by atoms with Crippen LogP contribution in [-0.2, 0) is 18.4 Å². The van der Waals surface area contributed by atoms with E-state index in [-0.39, 0.29) is 19.1 Å². The average Bonchev–Trinajstić information content (AvgIpc) is 3.38. The first-order chi connectivity index (χ1) is 37.0. The minimum atomic E-state index is -4.35. The lowest BCUT2D eigenvalue weighted by atomic mass is 10.0. The summed E-state index contributed by atoms with van der Waals surface area (Å²) < 4.78 is 23.8. The van der Waals surface area contributed by atoms with E-state index in [0.717, 1.165) is 32.1 Å². The van der Waals surface area contributed by atoms with E-state index in [1.54, 1.807) is 6.08 Å². The summed E-state index contributed by atoms with van der Waals surface area (Å²) in [5.41, 5.74) is 0. The van der Waals surface area contributed by atoms with Crippen LogP contribution in [0.15, 0.2) is 24.3 Å². The van der Waals surface area contributed by atoms with E-state index < -0.39 is 20.0 Å². The van der Waals surface area contributed by atoms with Gasteiger partial charge in [0.25, 0.3) is 0 Å². The van der Waals surface area contributed by atoms with Gasteiger partial charge in [0.2, 0.25) is 5.91 Å². The standard InChI is InChI=1S/C67H133N2O6P/c1-6-8-10-12-14-16-18-20-22-24-26-28-30-31-32-33-34-35-36-37-39-40-42-44-46-48-50-52-54-56-58-60-66(70)65(64-75-76(72,73)74-63-62-69(3,4)5)68-67(71)61-59-57-55-53-51-49-47-45-43-41-38-29-27-25-23-21-19-17-15-13-11-9-7-2/h25,27,58,60,65-66,70H,6-24,26,28-57,59,61-64H2,1-5H3,(H-,68,71,72,73)/p+1/b27-25-,60-58+. The Hall–Kier alpha value is -1.02. The summed E-state index contributed by atoms with van der Waals surface area (Å²) in [7, 11) is 1.59. The Morgan fingerprint density at radius 1 is 0.434 bits per heavy atom. The lowest BCUT2D eigenvalue weighted by Gasteiger charge is -2.25. The number of likely N-dealkylation sites (N-methyl/N-ethyl adjacent to an activating group) is 1. The lowest BCUT2D eigenvalue weighted by Crippen LogP contribution is -2.45. The van der Waals surface area contributed by atoms with E-state index in [1.165, 1.54) is 295 Å². The number of unbranched alkanes of at least 4 members (excludes halogenated alkanes) is 48. The summed E-state index contributed by atoms with van der Waals surface area (Å²) in [6.07, 6.45) is 76.0. The van der Waals surface area contributed by atoms with Crippen LogP contribution in [-0.4, -0.2) is 73.4 Å². The molecule has 0 fully saturated rings. The number of hydrogen-bond donors (Lipinski definition) is 3. The van der Waals surface area contributed by atoms with Gasteiger partial charge in [-0.1, -0.05) is 321 Å². The highest BCUT2D eigenvalue weighted by Gasteiger charge is 2.28. The zero-order valence-corrected chi connectivity index (χ0v) is 52.7. The van der Waals surface area contributed by atoms with Crippen LogP contribution in [0.4, 0.5) is 0 Å². The predicted octanol–water partition coefficient (Wildman–Crippen LogP) is 21.1. The van der Waals surface area contributed by atoms with Gasteiger partial charge in [-0.25, -0.2) is 4.57 Å². The van der Waals surface area contributed by atoms with Crippen molar-refractivity contribution < 1.29 is 32.9 Å². The normalized spacial score (nSPS) is 13.8. The van der Waals surface area contributed by atoms with Crippen LogP contribution in [0.1, 0.15) is 348 Å². The molecule has 0 saturated heterocycles. The Labute approximate surface area is 474 Å². The van der Waals surface area contributed by atoms with Crippen molar-refractivity contribution in [3.8, 4) is 0 Å². The van der Waals surface area contributed by atoms with Gasteiger partial charge in [0.1, 0.15) is 13.2 Å². The molecule has 0 radical (unpaired) electrons. The van der Waals surface area contributed by atoms with Crippen molar-refractivity contribution in [1.29, 1.82) is 0 Å². The molecular weight excluding hydrogens is 960 g/mol. The van der Waals surface area contributed by atoms with Gasteiger partial charge < -0.3 is 19.8 Å². The average molecular weight is 1090 g/mol. The monoisotopic (exact) mass is 1090 g/mol. The third-order valence-corrected chi connectivity index (χ3v) is 16.6. The van der Waals surface area contributed by atoms with Gasteiger partial charge in [0, 0.05) is 6.42 Å². The Morgan fingerprint density at radius 3 is 1.01 bits per heavy atom. The Morgan fingerprint density at radius 2 is 0.711 bits per heavy atom. The predicted molar refractivity (Wildman–Crippen MR) is 332 cm³/mol.